The Morgan fingerprint density at radius 1 is 1.16 bits per heavy atom. The van der Waals surface area contributed by atoms with E-state index in [-0.39, 0.29) is 5.56 Å². The fourth-order valence-corrected chi connectivity index (χ4v) is 1.67. The fourth-order valence-electron chi connectivity index (χ4n) is 1.67. The summed E-state index contributed by atoms with van der Waals surface area (Å²) in [6.45, 7) is -0.658. The molecule has 1 heterocycles. The summed E-state index contributed by atoms with van der Waals surface area (Å²) in [5.74, 6) is -3.59. The van der Waals surface area contributed by atoms with Crippen LogP contribution in [0.1, 0.15) is 10.4 Å². The molecular weight excluding hydrogens is 255 g/mol. The van der Waals surface area contributed by atoms with Gasteiger partial charge in [-0.05, 0) is 12.1 Å². The Morgan fingerprint density at radius 2 is 1.79 bits per heavy atom. The van der Waals surface area contributed by atoms with Crippen molar-refractivity contribution in [2.75, 3.05) is 13.6 Å². The number of nitrogens with zero attached hydrogens (tertiary/aromatic N) is 2. The first kappa shape index (κ1) is 12.9. The van der Waals surface area contributed by atoms with Crippen LogP contribution in [-0.4, -0.2) is 47.0 Å². The second-order valence-corrected chi connectivity index (χ2v) is 3.94. The van der Waals surface area contributed by atoms with E-state index in [0.717, 1.165) is 13.1 Å². The van der Waals surface area contributed by atoms with E-state index in [1.165, 1.54) is 18.2 Å². The molecule has 7 heteroatoms. The largest absolute Gasteiger partial charge is 0.334 e. The van der Waals surface area contributed by atoms with Gasteiger partial charge in [-0.1, -0.05) is 12.1 Å². The number of hydrogen-bond donors (Lipinski definition) is 0. The van der Waals surface area contributed by atoms with Crippen molar-refractivity contribution >= 4 is 23.6 Å². The summed E-state index contributed by atoms with van der Waals surface area (Å²) in [7, 11) is 1.14. The van der Waals surface area contributed by atoms with Crippen molar-refractivity contribution in [3.05, 3.63) is 35.6 Å². The number of Topliss-reactive ketones (excluding diaryl/α,β-unsaturated/α-hetero) is 1. The summed E-state index contributed by atoms with van der Waals surface area (Å²) < 4.78 is 13.4. The molecule has 0 aliphatic carbocycles. The molecule has 0 bridgehead atoms. The molecule has 0 atom stereocenters. The molecule has 0 radical (unpaired) electrons. The molecule has 6 nitrogen and oxygen atoms in total. The Labute approximate surface area is 107 Å². The van der Waals surface area contributed by atoms with Crippen LogP contribution in [0, 0.1) is 5.82 Å². The van der Waals surface area contributed by atoms with Crippen LogP contribution in [0.15, 0.2) is 24.3 Å². The summed E-state index contributed by atoms with van der Waals surface area (Å²) in [4.78, 5) is 47.1. The minimum Gasteiger partial charge on any atom is -0.292 e. The van der Waals surface area contributed by atoms with Crippen molar-refractivity contribution in [1.82, 2.24) is 9.80 Å². The van der Waals surface area contributed by atoms with Gasteiger partial charge in [-0.25, -0.2) is 14.1 Å². The minimum atomic E-state index is -1.09. The van der Waals surface area contributed by atoms with Gasteiger partial charge in [-0.15, -0.1) is 0 Å². The SMILES string of the molecule is CN1C(=O)C(=O)N(CC(=O)c2ccccc2F)C1=O. The van der Waals surface area contributed by atoms with Gasteiger partial charge in [0.25, 0.3) is 0 Å². The van der Waals surface area contributed by atoms with Crippen molar-refractivity contribution < 1.29 is 23.6 Å². The molecule has 0 saturated carbocycles. The highest BCUT2D eigenvalue weighted by atomic mass is 19.1. The van der Waals surface area contributed by atoms with Crippen molar-refractivity contribution in [1.29, 1.82) is 0 Å². The molecule has 1 aliphatic heterocycles. The molecule has 1 fully saturated rings. The van der Waals surface area contributed by atoms with E-state index in [2.05, 4.69) is 0 Å². The molecule has 19 heavy (non-hydrogen) atoms. The van der Waals surface area contributed by atoms with Gasteiger partial charge < -0.3 is 0 Å². The van der Waals surface area contributed by atoms with Gasteiger partial charge >= 0.3 is 17.8 Å². The maximum absolute atomic E-state index is 13.4. The molecule has 98 valence electrons. The third-order valence-electron chi connectivity index (χ3n) is 2.73. The second-order valence-electron chi connectivity index (χ2n) is 3.94. The predicted molar refractivity (Wildman–Crippen MR) is 60.6 cm³/mol. The van der Waals surface area contributed by atoms with Gasteiger partial charge in [0.1, 0.15) is 5.82 Å². The van der Waals surface area contributed by atoms with Crippen LogP contribution in [0.4, 0.5) is 9.18 Å². The maximum atomic E-state index is 13.4. The van der Waals surface area contributed by atoms with Crippen LogP contribution in [0.25, 0.3) is 0 Å². The Balaban J connectivity index is 2.21. The first-order valence-corrected chi connectivity index (χ1v) is 5.34. The monoisotopic (exact) mass is 264 g/mol. The average molecular weight is 264 g/mol. The van der Waals surface area contributed by atoms with Gasteiger partial charge in [-0.2, -0.15) is 0 Å². The lowest BCUT2D eigenvalue weighted by Crippen LogP contribution is -2.36. The number of rotatable bonds is 3. The zero-order chi connectivity index (χ0) is 14.2. The molecular formula is C12H9FN2O4. The Bertz CT molecular complexity index is 599. The summed E-state index contributed by atoms with van der Waals surface area (Å²) >= 11 is 0. The van der Waals surface area contributed by atoms with Crippen LogP contribution in [0.3, 0.4) is 0 Å². The maximum Gasteiger partial charge on any atom is 0.334 e. The van der Waals surface area contributed by atoms with Gasteiger partial charge in [-0.3, -0.25) is 19.3 Å². The van der Waals surface area contributed by atoms with Crippen LogP contribution < -0.4 is 0 Å². The number of carbonyl (C=O) groups is 4. The molecule has 0 aromatic heterocycles. The number of urea groups is 1. The average Bonchev–Trinajstić information content (AvgIpc) is 2.57. The van der Waals surface area contributed by atoms with E-state index in [9.17, 15) is 23.6 Å². The highest BCUT2D eigenvalue weighted by molar-refractivity contribution is 6.45. The number of carbonyl (C=O) groups excluding carboxylic acids is 4. The van der Waals surface area contributed by atoms with E-state index in [1.54, 1.807) is 0 Å². The van der Waals surface area contributed by atoms with E-state index in [1.807, 2.05) is 0 Å². The molecule has 1 aromatic rings. The predicted octanol–water partition coefficient (Wildman–Crippen LogP) is 0.429. The quantitative estimate of drug-likeness (QED) is 0.450. The van der Waals surface area contributed by atoms with E-state index < -0.39 is 36.0 Å². The first-order valence-electron chi connectivity index (χ1n) is 5.34. The lowest BCUT2D eigenvalue weighted by Gasteiger charge is -2.11. The van der Waals surface area contributed by atoms with Gasteiger partial charge in [0, 0.05) is 7.05 Å². The molecule has 1 saturated heterocycles. The summed E-state index contributed by atoms with van der Waals surface area (Å²) in [5.41, 5.74) is -0.231. The summed E-state index contributed by atoms with van der Waals surface area (Å²) in [6.07, 6.45) is 0. The first-order chi connectivity index (χ1) is 8.93. The molecule has 0 unspecified atom stereocenters. The number of hydrogen-bond acceptors (Lipinski definition) is 4. The van der Waals surface area contributed by atoms with Crippen LogP contribution >= 0.6 is 0 Å². The number of ketones is 1. The molecule has 1 aliphatic rings. The smallest absolute Gasteiger partial charge is 0.292 e. The number of halogens is 1. The van der Waals surface area contributed by atoms with Gasteiger partial charge in [0.15, 0.2) is 5.78 Å². The summed E-state index contributed by atoms with van der Waals surface area (Å²) in [5, 5.41) is 0. The molecule has 0 spiro atoms. The zero-order valence-electron chi connectivity index (χ0n) is 9.92. The Morgan fingerprint density at radius 3 is 2.32 bits per heavy atom. The number of amides is 4. The standard InChI is InChI=1S/C12H9FN2O4/c1-14-10(17)11(18)15(12(14)19)6-9(16)7-4-2-3-5-8(7)13/h2-5H,6H2,1H3. The number of likely N-dealkylation sites (N-methyl/N-ethyl adjacent to an activating group) is 1. The van der Waals surface area contributed by atoms with Crippen molar-refractivity contribution in [2.45, 2.75) is 0 Å². The highest BCUT2D eigenvalue weighted by Gasteiger charge is 2.43. The Hall–Kier alpha value is -2.57. The van der Waals surface area contributed by atoms with Crippen molar-refractivity contribution in [2.24, 2.45) is 0 Å². The van der Waals surface area contributed by atoms with Crippen molar-refractivity contribution in [3.63, 3.8) is 0 Å². The normalized spacial score (nSPS) is 15.4. The Kier molecular flexibility index (Phi) is 3.12. The highest BCUT2D eigenvalue weighted by Crippen LogP contribution is 2.13. The third kappa shape index (κ3) is 2.10. The zero-order valence-corrected chi connectivity index (χ0v) is 9.92. The summed E-state index contributed by atoms with van der Waals surface area (Å²) in [6, 6.07) is 4.32. The second kappa shape index (κ2) is 4.60. The van der Waals surface area contributed by atoms with E-state index in [4.69, 9.17) is 0 Å². The van der Waals surface area contributed by atoms with Crippen molar-refractivity contribution in [3.8, 4) is 0 Å². The van der Waals surface area contributed by atoms with Gasteiger partial charge in [0.05, 0.1) is 12.1 Å². The van der Waals surface area contributed by atoms with Crippen LogP contribution in [0.2, 0.25) is 0 Å². The number of imide groups is 2. The lowest BCUT2D eigenvalue weighted by molar-refractivity contribution is -0.142. The molecule has 4 amide bonds. The van der Waals surface area contributed by atoms with E-state index >= 15 is 0 Å². The molecule has 1 aromatic carbocycles. The topological polar surface area (TPSA) is 74.8 Å². The van der Waals surface area contributed by atoms with Gasteiger partial charge in [0.2, 0.25) is 0 Å². The lowest BCUT2D eigenvalue weighted by atomic mass is 10.1. The third-order valence-corrected chi connectivity index (χ3v) is 2.73. The number of benzene rings is 1. The molecule has 0 N–H and O–H groups in total. The van der Waals surface area contributed by atoms with Crippen LogP contribution in [0.5, 0.6) is 0 Å². The van der Waals surface area contributed by atoms with E-state index in [0.29, 0.717) is 9.80 Å². The minimum absolute atomic E-state index is 0.231. The van der Waals surface area contributed by atoms with Crippen LogP contribution in [-0.2, 0) is 9.59 Å². The fraction of sp³-hybridized carbons (Fsp3) is 0.167. The molecule has 2 rings (SSSR count).